The summed E-state index contributed by atoms with van der Waals surface area (Å²) in [5.74, 6) is 0. The summed E-state index contributed by atoms with van der Waals surface area (Å²) in [6, 6.07) is 0. The molecule has 4 N–H and O–H groups in total. The fourth-order valence-corrected chi connectivity index (χ4v) is 1.84. The van der Waals surface area contributed by atoms with Crippen LogP contribution in [0.2, 0.25) is 0 Å². The van der Waals surface area contributed by atoms with E-state index in [9.17, 15) is 13.2 Å². The zero-order valence-electron chi connectivity index (χ0n) is 8.37. The summed E-state index contributed by atoms with van der Waals surface area (Å²) in [4.78, 5) is 1.59. The minimum Gasteiger partial charge on any atom is -0.344 e. The van der Waals surface area contributed by atoms with Crippen LogP contribution in [0.5, 0.6) is 0 Å². The highest BCUT2D eigenvalue weighted by molar-refractivity contribution is 7.15. The molecule has 0 saturated carbocycles. The third-order valence-electron chi connectivity index (χ3n) is 1.73. The smallest absolute Gasteiger partial charge is 0.344 e. The lowest BCUT2D eigenvalue weighted by atomic mass is 10.5. The average Bonchev–Trinajstić information content (AvgIpc) is 2.65. The topological polar surface area (TPSA) is 81.1 Å². The predicted molar refractivity (Wildman–Crippen MR) is 55.2 cm³/mol. The molecular weight excluding hydrogens is 243 g/mol. The largest absolute Gasteiger partial charge is 0.445 e. The van der Waals surface area contributed by atoms with Crippen molar-refractivity contribution in [3.05, 3.63) is 5.01 Å². The first-order valence-corrected chi connectivity index (χ1v) is 5.36. The van der Waals surface area contributed by atoms with Crippen molar-refractivity contribution >= 4 is 16.5 Å². The lowest BCUT2D eigenvalue weighted by Crippen LogP contribution is -2.33. The minimum absolute atomic E-state index is 0.197. The van der Waals surface area contributed by atoms with Crippen LogP contribution in [-0.2, 0) is 6.18 Å². The maximum Gasteiger partial charge on any atom is 0.445 e. The molecule has 92 valence electrons. The molecule has 0 aromatic carbocycles. The van der Waals surface area contributed by atoms with Crippen molar-refractivity contribution in [1.29, 1.82) is 0 Å². The first-order chi connectivity index (χ1) is 7.49. The van der Waals surface area contributed by atoms with E-state index in [4.69, 9.17) is 11.5 Å². The van der Waals surface area contributed by atoms with Crippen LogP contribution in [0.25, 0.3) is 0 Å². The van der Waals surface area contributed by atoms with Crippen LogP contribution in [-0.4, -0.2) is 36.4 Å². The van der Waals surface area contributed by atoms with Crippen LogP contribution in [0.1, 0.15) is 5.01 Å². The van der Waals surface area contributed by atoms with Gasteiger partial charge in [-0.3, -0.25) is 0 Å². The van der Waals surface area contributed by atoms with Gasteiger partial charge in [-0.25, -0.2) is 0 Å². The molecule has 0 spiro atoms. The highest BCUT2D eigenvalue weighted by Gasteiger charge is 2.36. The summed E-state index contributed by atoms with van der Waals surface area (Å²) in [5, 5.41) is 5.82. The van der Waals surface area contributed by atoms with E-state index in [-0.39, 0.29) is 5.13 Å². The number of nitrogens with zero attached hydrogens (tertiary/aromatic N) is 3. The normalized spacial score (nSPS) is 11.8. The van der Waals surface area contributed by atoms with Crippen molar-refractivity contribution in [1.82, 2.24) is 10.2 Å². The molecule has 0 saturated heterocycles. The third kappa shape index (κ3) is 3.29. The van der Waals surface area contributed by atoms with Crippen LogP contribution in [0, 0.1) is 0 Å². The maximum absolute atomic E-state index is 12.3. The molecule has 1 heterocycles. The van der Waals surface area contributed by atoms with E-state index in [1.165, 1.54) is 0 Å². The molecule has 0 bridgehead atoms. The quantitative estimate of drug-likeness (QED) is 0.790. The van der Waals surface area contributed by atoms with Gasteiger partial charge in [0, 0.05) is 26.2 Å². The molecule has 1 rings (SSSR count). The van der Waals surface area contributed by atoms with Gasteiger partial charge in [-0.1, -0.05) is 11.3 Å². The summed E-state index contributed by atoms with van der Waals surface area (Å²) in [6.07, 6.45) is -4.45. The fourth-order valence-electron chi connectivity index (χ4n) is 1.07. The SMILES string of the molecule is NCCN(CCN)c1nnc(C(F)(F)F)s1. The van der Waals surface area contributed by atoms with E-state index < -0.39 is 11.2 Å². The lowest BCUT2D eigenvalue weighted by Gasteiger charge is -2.18. The van der Waals surface area contributed by atoms with Crippen molar-refractivity contribution in [3.8, 4) is 0 Å². The summed E-state index contributed by atoms with van der Waals surface area (Å²) >= 11 is 0.495. The maximum atomic E-state index is 12.3. The van der Waals surface area contributed by atoms with Gasteiger partial charge in [0.05, 0.1) is 0 Å². The van der Waals surface area contributed by atoms with Crippen LogP contribution in [0.15, 0.2) is 0 Å². The van der Waals surface area contributed by atoms with Crippen molar-refractivity contribution in [2.75, 3.05) is 31.1 Å². The Labute approximate surface area is 94.2 Å². The van der Waals surface area contributed by atoms with Gasteiger partial charge in [0.25, 0.3) is 0 Å². The summed E-state index contributed by atoms with van der Waals surface area (Å²) < 4.78 is 36.8. The second kappa shape index (κ2) is 5.41. The number of halogens is 3. The number of nitrogens with two attached hydrogens (primary N) is 2. The number of alkyl halides is 3. The Bertz CT molecular complexity index is 320. The predicted octanol–water partition coefficient (Wildman–Crippen LogP) is 0.281. The van der Waals surface area contributed by atoms with Gasteiger partial charge in [0.1, 0.15) is 0 Å². The molecular formula is C7H12F3N5S. The summed E-state index contributed by atoms with van der Waals surface area (Å²) in [6.45, 7) is 1.45. The van der Waals surface area contributed by atoms with Crippen LogP contribution in [0.4, 0.5) is 18.3 Å². The molecule has 0 unspecified atom stereocenters. The number of aromatic nitrogens is 2. The Morgan fingerprint density at radius 3 is 2.06 bits per heavy atom. The van der Waals surface area contributed by atoms with Crippen molar-refractivity contribution in [2.45, 2.75) is 6.18 Å². The zero-order valence-corrected chi connectivity index (χ0v) is 9.18. The first-order valence-electron chi connectivity index (χ1n) is 4.54. The van der Waals surface area contributed by atoms with E-state index in [1.54, 1.807) is 4.90 Å². The highest BCUT2D eigenvalue weighted by atomic mass is 32.1. The van der Waals surface area contributed by atoms with E-state index in [0.29, 0.717) is 37.5 Å². The second-order valence-corrected chi connectivity index (χ2v) is 3.91. The summed E-state index contributed by atoms with van der Waals surface area (Å²) in [5.41, 5.74) is 10.7. The molecule has 0 radical (unpaired) electrons. The molecule has 9 heteroatoms. The fraction of sp³-hybridized carbons (Fsp3) is 0.714. The van der Waals surface area contributed by atoms with E-state index >= 15 is 0 Å². The average molecular weight is 255 g/mol. The van der Waals surface area contributed by atoms with Gasteiger partial charge < -0.3 is 16.4 Å². The van der Waals surface area contributed by atoms with Gasteiger partial charge in [0.15, 0.2) is 0 Å². The summed E-state index contributed by atoms with van der Waals surface area (Å²) in [7, 11) is 0. The molecule has 0 amide bonds. The zero-order chi connectivity index (χ0) is 12.2. The van der Waals surface area contributed by atoms with Crippen LogP contribution >= 0.6 is 11.3 Å². The molecule has 0 atom stereocenters. The molecule has 0 fully saturated rings. The first kappa shape index (κ1) is 13.1. The van der Waals surface area contributed by atoms with E-state index in [1.807, 2.05) is 0 Å². The lowest BCUT2D eigenvalue weighted by molar-refractivity contribution is -0.138. The molecule has 16 heavy (non-hydrogen) atoms. The van der Waals surface area contributed by atoms with Gasteiger partial charge in [-0.2, -0.15) is 13.2 Å². The Morgan fingerprint density at radius 2 is 1.69 bits per heavy atom. The number of hydrogen-bond acceptors (Lipinski definition) is 6. The molecule has 0 aliphatic rings. The Morgan fingerprint density at radius 1 is 1.12 bits per heavy atom. The molecule has 5 nitrogen and oxygen atoms in total. The van der Waals surface area contributed by atoms with Gasteiger partial charge >= 0.3 is 6.18 Å². The number of rotatable bonds is 5. The Kier molecular flexibility index (Phi) is 4.44. The van der Waals surface area contributed by atoms with Gasteiger partial charge in [-0.05, 0) is 0 Å². The van der Waals surface area contributed by atoms with Crippen LogP contribution in [0.3, 0.4) is 0 Å². The second-order valence-electron chi connectivity index (χ2n) is 2.95. The Hall–Kier alpha value is -0.930. The van der Waals surface area contributed by atoms with Crippen molar-refractivity contribution in [2.24, 2.45) is 11.5 Å². The Balaban J connectivity index is 2.81. The molecule has 0 aliphatic carbocycles. The number of anilines is 1. The molecule has 1 aromatic heterocycles. The van der Waals surface area contributed by atoms with Crippen LogP contribution < -0.4 is 16.4 Å². The van der Waals surface area contributed by atoms with E-state index in [2.05, 4.69) is 10.2 Å². The minimum atomic E-state index is -4.45. The van der Waals surface area contributed by atoms with Gasteiger partial charge in [0.2, 0.25) is 10.1 Å². The van der Waals surface area contributed by atoms with Gasteiger partial charge in [-0.15, -0.1) is 10.2 Å². The molecule has 0 aliphatic heterocycles. The monoisotopic (exact) mass is 255 g/mol. The van der Waals surface area contributed by atoms with Crippen molar-refractivity contribution in [3.63, 3.8) is 0 Å². The standard InChI is InChI=1S/C7H12F3N5S/c8-7(9,10)5-13-14-6(16-5)15(3-1-11)4-2-12/h1-4,11-12H2. The van der Waals surface area contributed by atoms with E-state index in [0.717, 1.165) is 0 Å². The number of hydrogen-bond donors (Lipinski definition) is 2. The molecule has 1 aromatic rings. The highest BCUT2D eigenvalue weighted by Crippen LogP contribution is 2.34. The third-order valence-corrected chi connectivity index (χ3v) is 2.75. The van der Waals surface area contributed by atoms with Crippen molar-refractivity contribution < 1.29 is 13.2 Å².